The van der Waals surface area contributed by atoms with Crippen molar-refractivity contribution in [2.75, 3.05) is 66.6 Å². The molecule has 2 saturated heterocycles. The highest BCUT2D eigenvalue weighted by Crippen LogP contribution is 2.33. The van der Waals surface area contributed by atoms with Crippen molar-refractivity contribution in [1.82, 2.24) is 19.6 Å². The minimum atomic E-state index is -0.365. The first-order valence-electron chi connectivity index (χ1n) is 11.0. The van der Waals surface area contributed by atoms with Crippen molar-refractivity contribution in [1.29, 1.82) is 0 Å². The van der Waals surface area contributed by atoms with E-state index in [0.29, 0.717) is 43.1 Å². The van der Waals surface area contributed by atoms with Gasteiger partial charge in [0.05, 0.1) is 18.8 Å². The molecule has 0 saturated carbocycles. The van der Waals surface area contributed by atoms with Crippen LogP contribution in [0.5, 0.6) is 0 Å². The molecule has 1 aromatic carbocycles. The summed E-state index contributed by atoms with van der Waals surface area (Å²) in [5.41, 5.74) is 1.41. The Hall–Kier alpha value is -2.29. The third kappa shape index (κ3) is 4.66. The molecule has 2 amide bonds. The SMILES string of the molecule is CN1CCC(N(C)C2=C(c3ccc(F)cc3)C(=O)N(CCN3CCOCC3)C2=O)CC1. The number of piperidine rings is 1. The largest absolute Gasteiger partial charge is 0.379 e. The standard InChI is InChI=1S/C23H31FN4O3/c1-25-9-7-19(8-10-25)26(2)21-20(17-3-5-18(24)6-4-17)22(29)28(23(21)30)12-11-27-13-15-31-16-14-27/h3-6,19H,7-16H2,1-2H3. The topological polar surface area (TPSA) is 56.3 Å². The first-order chi connectivity index (χ1) is 15.0. The Labute approximate surface area is 183 Å². The van der Waals surface area contributed by atoms with Crippen molar-refractivity contribution in [3.63, 3.8) is 0 Å². The summed E-state index contributed by atoms with van der Waals surface area (Å²) in [4.78, 5) is 34.7. The minimum absolute atomic E-state index is 0.192. The fourth-order valence-corrected chi connectivity index (χ4v) is 4.60. The van der Waals surface area contributed by atoms with Gasteiger partial charge >= 0.3 is 0 Å². The second kappa shape index (κ2) is 9.46. The fraction of sp³-hybridized carbons (Fsp3) is 0.565. The van der Waals surface area contributed by atoms with Crippen LogP contribution in [0.4, 0.5) is 4.39 Å². The number of amides is 2. The first kappa shape index (κ1) is 21.9. The highest BCUT2D eigenvalue weighted by molar-refractivity contribution is 6.35. The number of carbonyl (C=O) groups is 2. The molecule has 0 aliphatic carbocycles. The molecule has 3 aliphatic rings. The molecule has 0 unspecified atom stereocenters. The molecule has 0 aromatic heterocycles. The maximum Gasteiger partial charge on any atom is 0.277 e. The van der Waals surface area contributed by atoms with Crippen molar-refractivity contribution >= 4 is 17.4 Å². The predicted molar refractivity (Wildman–Crippen MR) is 116 cm³/mol. The lowest BCUT2D eigenvalue weighted by atomic mass is 10.00. The molecular formula is C23H31FN4O3. The second-order valence-electron chi connectivity index (χ2n) is 8.59. The molecule has 3 heterocycles. The summed E-state index contributed by atoms with van der Waals surface area (Å²) in [5, 5.41) is 0. The van der Waals surface area contributed by atoms with Gasteiger partial charge in [-0.2, -0.15) is 0 Å². The van der Waals surface area contributed by atoms with E-state index in [1.807, 2.05) is 11.9 Å². The minimum Gasteiger partial charge on any atom is -0.379 e. The number of morpholine rings is 1. The molecule has 8 heteroatoms. The summed E-state index contributed by atoms with van der Waals surface area (Å²) in [7, 11) is 4.00. The summed E-state index contributed by atoms with van der Waals surface area (Å²) in [6.45, 7) is 5.83. The molecule has 4 rings (SSSR count). The van der Waals surface area contributed by atoms with E-state index >= 15 is 0 Å². The molecule has 1 aromatic rings. The van der Waals surface area contributed by atoms with Gasteiger partial charge in [0.25, 0.3) is 11.8 Å². The van der Waals surface area contributed by atoms with Crippen LogP contribution < -0.4 is 0 Å². The van der Waals surface area contributed by atoms with Crippen molar-refractivity contribution < 1.29 is 18.7 Å². The zero-order valence-corrected chi connectivity index (χ0v) is 18.3. The van der Waals surface area contributed by atoms with Crippen LogP contribution in [-0.2, 0) is 14.3 Å². The van der Waals surface area contributed by atoms with Gasteiger partial charge in [-0.1, -0.05) is 12.1 Å². The Balaban J connectivity index is 1.60. The molecule has 0 N–H and O–H groups in total. The first-order valence-corrected chi connectivity index (χ1v) is 11.0. The van der Waals surface area contributed by atoms with E-state index in [0.717, 1.165) is 39.0 Å². The third-order valence-corrected chi connectivity index (χ3v) is 6.61. The van der Waals surface area contributed by atoms with Gasteiger partial charge in [0, 0.05) is 39.3 Å². The Morgan fingerprint density at radius 2 is 1.65 bits per heavy atom. The molecule has 0 spiro atoms. The van der Waals surface area contributed by atoms with Gasteiger partial charge in [-0.05, 0) is 50.7 Å². The highest BCUT2D eigenvalue weighted by atomic mass is 19.1. The van der Waals surface area contributed by atoms with E-state index in [-0.39, 0.29) is 23.7 Å². The van der Waals surface area contributed by atoms with Crippen LogP contribution in [0.15, 0.2) is 30.0 Å². The van der Waals surface area contributed by atoms with E-state index in [1.54, 1.807) is 12.1 Å². The number of likely N-dealkylation sites (tertiary alicyclic amines) is 1. The lowest BCUT2D eigenvalue weighted by Crippen LogP contribution is -2.45. The van der Waals surface area contributed by atoms with Crippen LogP contribution in [0.1, 0.15) is 18.4 Å². The molecule has 3 aliphatic heterocycles. The number of halogens is 1. The van der Waals surface area contributed by atoms with Crippen molar-refractivity contribution in [3.8, 4) is 0 Å². The van der Waals surface area contributed by atoms with Crippen molar-refractivity contribution in [3.05, 3.63) is 41.3 Å². The quantitative estimate of drug-likeness (QED) is 0.634. The Bertz CT molecular complexity index is 843. The van der Waals surface area contributed by atoms with E-state index in [1.165, 1.54) is 17.0 Å². The average Bonchev–Trinajstić information content (AvgIpc) is 3.03. The van der Waals surface area contributed by atoms with Gasteiger partial charge in [-0.3, -0.25) is 19.4 Å². The van der Waals surface area contributed by atoms with Crippen molar-refractivity contribution in [2.45, 2.75) is 18.9 Å². The van der Waals surface area contributed by atoms with E-state index < -0.39 is 0 Å². The summed E-state index contributed by atoms with van der Waals surface area (Å²) >= 11 is 0. The van der Waals surface area contributed by atoms with E-state index in [4.69, 9.17) is 4.74 Å². The smallest absolute Gasteiger partial charge is 0.277 e. The van der Waals surface area contributed by atoms with Crippen LogP contribution in [0, 0.1) is 5.82 Å². The van der Waals surface area contributed by atoms with Gasteiger partial charge in [0.1, 0.15) is 11.5 Å². The van der Waals surface area contributed by atoms with Gasteiger partial charge in [0.15, 0.2) is 0 Å². The fourth-order valence-electron chi connectivity index (χ4n) is 4.60. The van der Waals surface area contributed by atoms with Crippen LogP contribution in [0.25, 0.3) is 5.57 Å². The van der Waals surface area contributed by atoms with Crippen LogP contribution in [0.2, 0.25) is 0 Å². The number of ether oxygens (including phenoxy) is 1. The number of nitrogens with zero attached hydrogens (tertiary/aromatic N) is 4. The van der Waals surface area contributed by atoms with Gasteiger partial charge in [-0.25, -0.2) is 4.39 Å². The number of rotatable bonds is 6. The monoisotopic (exact) mass is 430 g/mol. The normalized spacial score (nSPS) is 22.0. The van der Waals surface area contributed by atoms with Crippen molar-refractivity contribution in [2.24, 2.45) is 0 Å². The number of likely N-dealkylation sites (N-methyl/N-ethyl adjacent to an activating group) is 1. The van der Waals surface area contributed by atoms with Crippen LogP contribution in [-0.4, -0.2) is 104 Å². The maximum atomic E-state index is 13.5. The Morgan fingerprint density at radius 3 is 2.29 bits per heavy atom. The molecule has 31 heavy (non-hydrogen) atoms. The molecule has 0 bridgehead atoms. The van der Waals surface area contributed by atoms with E-state index in [9.17, 15) is 14.0 Å². The number of imide groups is 1. The number of carbonyl (C=O) groups excluding carboxylic acids is 2. The molecular weight excluding hydrogens is 399 g/mol. The molecule has 0 radical (unpaired) electrons. The number of hydrogen-bond acceptors (Lipinski definition) is 6. The summed E-state index contributed by atoms with van der Waals surface area (Å²) in [5.74, 6) is -0.908. The molecule has 7 nitrogen and oxygen atoms in total. The van der Waals surface area contributed by atoms with Gasteiger partial charge in [-0.15, -0.1) is 0 Å². The predicted octanol–water partition coefficient (Wildman–Crippen LogP) is 1.26. The molecule has 0 atom stereocenters. The third-order valence-electron chi connectivity index (χ3n) is 6.61. The number of hydrogen-bond donors (Lipinski definition) is 0. The second-order valence-corrected chi connectivity index (χ2v) is 8.59. The summed E-state index contributed by atoms with van der Waals surface area (Å²) < 4.78 is 18.9. The van der Waals surface area contributed by atoms with Gasteiger partial charge < -0.3 is 14.5 Å². The van der Waals surface area contributed by atoms with Crippen LogP contribution in [0.3, 0.4) is 0 Å². The number of benzene rings is 1. The zero-order chi connectivity index (χ0) is 22.0. The summed E-state index contributed by atoms with van der Waals surface area (Å²) in [6, 6.07) is 6.04. The Morgan fingerprint density at radius 1 is 1.00 bits per heavy atom. The zero-order valence-electron chi connectivity index (χ0n) is 18.3. The Kier molecular flexibility index (Phi) is 6.69. The maximum absolute atomic E-state index is 13.5. The van der Waals surface area contributed by atoms with E-state index in [2.05, 4.69) is 16.8 Å². The average molecular weight is 431 g/mol. The van der Waals surface area contributed by atoms with Crippen LogP contribution >= 0.6 is 0 Å². The summed E-state index contributed by atoms with van der Waals surface area (Å²) in [6.07, 6.45) is 1.87. The molecule has 2 fully saturated rings. The lowest BCUT2D eigenvalue weighted by molar-refractivity contribution is -0.138. The molecule has 168 valence electrons. The highest BCUT2D eigenvalue weighted by Gasteiger charge is 2.42. The lowest BCUT2D eigenvalue weighted by Gasteiger charge is -2.36. The van der Waals surface area contributed by atoms with Gasteiger partial charge in [0.2, 0.25) is 0 Å².